The number of likely N-dealkylation sites (N-methyl/N-ethyl adjacent to an activating group) is 1. The number of benzene rings is 1. The summed E-state index contributed by atoms with van der Waals surface area (Å²) < 4.78 is 0. The molecule has 0 amide bonds. The van der Waals surface area contributed by atoms with E-state index in [1.54, 1.807) is 11.8 Å². The lowest BCUT2D eigenvalue weighted by molar-refractivity contribution is -0.138. The lowest BCUT2D eigenvalue weighted by atomic mass is 10.1. The lowest BCUT2D eigenvalue weighted by Crippen LogP contribution is -2.36. The smallest absolute Gasteiger partial charge is 0.326 e. The normalized spacial score (nSPS) is 12.3. The Morgan fingerprint density at radius 3 is 2.20 bits per heavy atom. The predicted molar refractivity (Wildman–Crippen MR) is 61.4 cm³/mol. The summed E-state index contributed by atoms with van der Waals surface area (Å²) in [4.78, 5) is 12.7. The third-order valence-electron chi connectivity index (χ3n) is 2.73. The van der Waals surface area contributed by atoms with E-state index in [1.807, 2.05) is 39.1 Å². The maximum absolute atomic E-state index is 10.9. The molecular weight excluding hydrogens is 190 g/mol. The van der Waals surface area contributed by atoms with Crippen molar-refractivity contribution < 1.29 is 9.90 Å². The van der Waals surface area contributed by atoms with Crippen LogP contribution in [0.4, 0.5) is 5.69 Å². The van der Waals surface area contributed by atoms with Gasteiger partial charge in [-0.1, -0.05) is 18.2 Å². The van der Waals surface area contributed by atoms with E-state index in [2.05, 4.69) is 0 Å². The fraction of sp³-hybridized carbons (Fsp3) is 0.417. The van der Waals surface area contributed by atoms with E-state index in [-0.39, 0.29) is 0 Å². The first-order valence-corrected chi connectivity index (χ1v) is 4.97. The number of aryl methyl sites for hydroxylation is 2. The quantitative estimate of drug-likeness (QED) is 0.826. The molecule has 15 heavy (non-hydrogen) atoms. The molecule has 1 N–H and O–H groups in total. The van der Waals surface area contributed by atoms with Crippen molar-refractivity contribution in [1.82, 2.24) is 0 Å². The van der Waals surface area contributed by atoms with E-state index < -0.39 is 12.0 Å². The minimum atomic E-state index is -0.805. The molecule has 1 rings (SSSR count). The van der Waals surface area contributed by atoms with E-state index in [0.29, 0.717) is 0 Å². The number of para-hydroxylation sites is 1. The van der Waals surface area contributed by atoms with Gasteiger partial charge in [0.05, 0.1) is 0 Å². The molecule has 0 aliphatic rings. The van der Waals surface area contributed by atoms with Crippen LogP contribution < -0.4 is 4.90 Å². The van der Waals surface area contributed by atoms with E-state index in [0.717, 1.165) is 16.8 Å². The number of carbonyl (C=O) groups is 1. The van der Waals surface area contributed by atoms with Crippen molar-refractivity contribution in [2.45, 2.75) is 26.8 Å². The van der Waals surface area contributed by atoms with Crippen molar-refractivity contribution >= 4 is 11.7 Å². The van der Waals surface area contributed by atoms with Crippen molar-refractivity contribution in [3.8, 4) is 0 Å². The minimum absolute atomic E-state index is 0.509. The Kier molecular flexibility index (Phi) is 3.35. The molecule has 1 aromatic rings. The topological polar surface area (TPSA) is 40.5 Å². The van der Waals surface area contributed by atoms with Crippen LogP contribution in [0.5, 0.6) is 0 Å². The number of aliphatic carboxylic acids is 1. The Bertz CT molecular complexity index is 354. The zero-order valence-corrected chi connectivity index (χ0v) is 9.61. The van der Waals surface area contributed by atoms with Crippen LogP contribution in [0.1, 0.15) is 18.1 Å². The molecule has 3 nitrogen and oxygen atoms in total. The zero-order chi connectivity index (χ0) is 11.6. The molecule has 0 unspecified atom stereocenters. The molecule has 0 saturated heterocycles. The summed E-state index contributed by atoms with van der Waals surface area (Å²) >= 11 is 0. The molecule has 0 bridgehead atoms. The predicted octanol–water partition coefficient (Wildman–Crippen LogP) is 2.21. The third-order valence-corrected chi connectivity index (χ3v) is 2.73. The van der Waals surface area contributed by atoms with Crippen LogP contribution in [0.25, 0.3) is 0 Å². The second kappa shape index (κ2) is 4.34. The molecule has 0 fully saturated rings. The number of anilines is 1. The summed E-state index contributed by atoms with van der Waals surface area (Å²) in [6.45, 7) is 5.68. The summed E-state index contributed by atoms with van der Waals surface area (Å²) in [5, 5.41) is 8.95. The second-order valence-electron chi connectivity index (χ2n) is 3.87. The van der Waals surface area contributed by atoms with Crippen LogP contribution in [-0.4, -0.2) is 24.2 Å². The molecule has 1 atom stereocenters. The molecule has 82 valence electrons. The van der Waals surface area contributed by atoms with E-state index in [9.17, 15) is 4.79 Å². The van der Waals surface area contributed by atoms with Gasteiger partial charge in [-0.2, -0.15) is 0 Å². The first-order chi connectivity index (χ1) is 6.95. The minimum Gasteiger partial charge on any atom is -0.480 e. The summed E-state index contributed by atoms with van der Waals surface area (Å²) in [5.41, 5.74) is 3.21. The molecule has 1 aromatic carbocycles. The zero-order valence-electron chi connectivity index (χ0n) is 9.61. The molecule has 0 heterocycles. The molecule has 0 radical (unpaired) electrons. The molecular formula is C12H17NO2. The Morgan fingerprint density at radius 2 is 1.80 bits per heavy atom. The van der Waals surface area contributed by atoms with E-state index in [4.69, 9.17) is 5.11 Å². The molecule has 0 saturated carbocycles. The van der Waals surface area contributed by atoms with Crippen LogP contribution in [0, 0.1) is 13.8 Å². The Morgan fingerprint density at radius 1 is 1.33 bits per heavy atom. The fourth-order valence-corrected chi connectivity index (χ4v) is 1.72. The third kappa shape index (κ3) is 2.29. The summed E-state index contributed by atoms with van der Waals surface area (Å²) in [6, 6.07) is 5.46. The fourth-order valence-electron chi connectivity index (χ4n) is 1.72. The number of nitrogens with zero attached hydrogens (tertiary/aromatic N) is 1. The number of hydrogen-bond donors (Lipinski definition) is 1. The van der Waals surface area contributed by atoms with Crippen LogP contribution in [0.3, 0.4) is 0 Å². The maximum Gasteiger partial charge on any atom is 0.326 e. The molecule has 0 aliphatic carbocycles. The van der Waals surface area contributed by atoms with Crippen molar-refractivity contribution in [3.63, 3.8) is 0 Å². The first-order valence-electron chi connectivity index (χ1n) is 4.97. The molecule has 0 spiro atoms. The van der Waals surface area contributed by atoms with E-state index in [1.165, 1.54) is 0 Å². The van der Waals surface area contributed by atoms with Gasteiger partial charge in [0.25, 0.3) is 0 Å². The van der Waals surface area contributed by atoms with Gasteiger partial charge in [0.2, 0.25) is 0 Å². The molecule has 3 heteroatoms. The number of rotatable bonds is 3. The van der Waals surface area contributed by atoms with Gasteiger partial charge in [-0.15, -0.1) is 0 Å². The summed E-state index contributed by atoms with van der Waals surface area (Å²) in [5.74, 6) is -0.805. The average Bonchev–Trinajstić information content (AvgIpc) is 2.15. The van der Waals surface area contributed by atoms with Crippen molar-refractivity contribution in [2.24, 2.45) is 0 Å². The lowest BCUT2D eigenvalue weighted by Gasteiger charge is -2.27. The van der Waals surface area contributed by atoms with Crippen molar-refractivity contribution in [1.29, 1.82) is 0 Å². The van der Waals surface area contributed by atoms with Gasteiger partial charge in [-0.25, -0.2) is 4.79 Å². The monoisotopic (exact) mass is 207 g/mol. The van der Waals surface area contributed by atoms with Crippen LogP contribution in [0.2, 0.25) is 0 Å². The first kappa shape index (κ1) is 11.6. The SMILES string of the molecule is Cc1cccc(C)c1N(C)[C@H](C)C(=O)O. The highest BCUT2D eigenvalue weighted by Gasteiger charge is 2.19. The molecule has 0 aromatic heterocycles. The van der Waals surface area contributed by atoms with Gasteiger partial charge in [-0.05, 0) is 31.9 Å². The van der Waals surface area contributed by atoms with Gasteiger partial charge in [0.15, 0.2) is 0 Å². The van der Waals surface area contributed by atoms with E-state index >= 15 is 0 Å². The highest BCUT2D eigenvalue weighted by atomic mass is 16.4. The van der Waals surface area contributed by atoms with Crippen LogP contribution in [-0.2, 0) is 4.79 Å². The summed E-state index contributed by atoms with van der Waals surface area (Å²) in [6.07, 6.45) is 0. The van der Waals surface area contributed by atoms with Gasteiger partial charge < -0.3 is 10.0 Å². The maximum atomic E-state index is 10.9. The highest BCUT2D eigenvalue weighted by molar-refractivity contribution is 5.78. The van der Waals surface area contributed by atoms with Gasteiger partial charge in [0, 0.05) is 12.7 Å². The molecule has 0 aliphatic heterocycles. The standard InChI is InChI=1S/C12H17NO2/c1-8-6-5-7-9(2)11(8)13(4)10(3)12(14)15/h5-7,10H,1-4H3,(H,14,15)/t10-/m1/s1. The van der Waals surface area contributed by atoms with Crippen molar-refractivity contribution in [3.05, 3.63) is 29.3 Å². The van der Waals surface area contributed by atoms with Crippen LogP contribution >= 0.6 is 0 Å². The average molecular weight is 207 g/mol. The second-order valence-corrected chi connectivity index (χ2v) is 3.87. The Labute approximate surface area is 90.3 Å². The van der Waals surface area contributed by atoms with Gasteiger partial charge in [0.1, 0.15) is 6.04 Å². The summed E-state index contributed by atoms with van der Waals surface area (Å²) in [7, 11) is 1.81. The number of carboxylic acids is 1. The number of hydrogen-bond acceptors (Lipinski definition) is 2. The van der Waals surface area contributed by atoms with Gasteiger partial charge in [-0.3, -0.25) is 0 Å². The van der Waals surface area contributed by atoms with Crippen molar-refractivity contribution in [2.75, 3.05) is 11.9 Å². The Balaban J connectivity index is 3.10. The highest BCUT2D eigenvalue weighted by Crippen LogP contribution is 2.24. The number of carboxylic acid groups (broad SMARTS) is 1. The van der Waals surface area contributed by atoms with Crippen LogP contribution in [0.15, 0.2) is 18.2 Å². The van der Waals surface area contributed by atoms with Gasteiger partial charge >= 0.3 is 5.97 Å². The Hall–Kier alpha value is -1.51. The largest absolute Gasteiger partial charge is 0.480 e.